The average Bonchev–Trinajstić information content (AvgIpc) is 3.19. The summed E-state index contributed by atoms with van der Waals surface area (Å²) in [5.74, 6) is 0.509. The molecule has 0 unspecified atom stereocenters. The largest absolute Gasteiger partial charge is 0.383 e. The van der Waals surface area contributed by atoms with E-state index in [0.29, 0.717) is 21.3 Å². The van der Waals surface area contributed by atoms with Gasteiger partial charge in [0.25, 0.3) is 0 Å². The van der Waals surface area contributed by atoms with E-state index in [1.807, 2.05) is 13.8 Å². The Hall–Kier alpha value is -2.09. The monoisotopic (exact) mass is 411 g/mol. The number of nitrogens with zero attached hydrogens (tertiary/aromatic N) is 6. The molecule has 0 amide bonds. The first-order chi connectivity index (χ1) is 12.4. The summed E-state index contributed by atoms with van der Waals surface area (Å²) in [5.41, 5.74) is 9.28. The van der Waals surface area contributed by atoms with E-state index in [0.717, 1.165) is 35.3 Å². The van der Waals surface area contributed by atoms with Gasteiger partial charge in [0.15, 0.2) is 11.3 Å². The molecular formula is C16H16Cl3N7. The lowest BCUT2D eigenvalue weighted by Crippen LogP contribution is -2.00. The molecule has 0 radical (unpaired) electrons. The first-order valence-electron chi connectivity index (χ1n) is 7.91. The van der Waals surface area contributed by atoms with Crippen LogP contribution >= 0.6 is 34.8 Å². The van der Waals surface area contributed by atoms with Crippen LogP contribution in [-0.4, -0.2) is 29.2 Å². The van der Waals surface area contributed by atoms with Crippen LogP contribution in [0.25, 0.3) is 11.3 Å². The number of nitrogens with two attached hydrogens (primary N) is 1. The van der Waals surface area contributed by atoms with Crippen molar-refractivity contribution < 1.29 is 0 Å². The second-order valence-electron chi connectivity index (χ2n) is 5.42. The van der Waals surface area contributed by atoms with Gasteiger partial charge in [0.2, 0.25) is 0 Å². The fourth-order valence-corrected chi connectivity index (χ4v) is 3.10. The molecule has 0 aliphatic rings. The number of nitrogen functional groups attached to an aromatic ring is 1. The van der Waals surface area contributed by atoms with Crippen LogP contribution in [0.3, 0.4) is 0 Å². The van der Waals surface area contributed by atoms with E-state index in [2.05, 4.69) is 20.2 Å². The Morgan fingerprint density at radius 2 is 1.35 bits per heavy atom. The first-order valence-corrected chi connectivity index (χ1v) is 9.05. The summed E-state index contributed by atoms with van der Waals surface area (Å²) in [6.45, 7) is 4.07. The number of rotatable bonds is 2. The highest BCUT2D eigenvalue weighted by Crippen LogP contribution is 2.19. The van der Waals surface area contributed by atoms with Crippen molar-refractivity contribution in [1.82, 2.24) is 29.2 Å². The molecule has 26 heavy (non-hydrogen) atoms. The van der Waals surface area contributed by atoms with E-state index in [1.54, 1.807) is 33.6 Å². The SMILES string of the molecule is CCc1cnn2c(Cl)cc(Cl)nc12.CCc1cnn2c(N)cc(Cl)nc12. The summed E-state index contributed by atoms with van der Waals surface area (Å²) in [6.07, 6.45) is 5.25. The summed E-state index contributed by atoms with van der Waals surface area (Å²) < 4.78 is 3.16. The molecule has 2 N–H and O–H groups in total. The van der Waals surface area contributed by atoms with Crippen LogP contribution in [-0.2, 0) is 12.8 Å². The molecule has 7 nitrogen and oxygen atoms in total. The molecule has 4 heterocycles. The molecule has 0 fully saturated rings. The number of hydrogen-bond donors (Lipinski definition) is 1. The third-order valence-corrected chi connectivity index (χ3v) is 4.43. The van der Waals surface area contributed by atoms with E-state index in [4.69, 9.17) is 40.5 Å². The Morgan fingerprint density at radius 1 is 0.846 bits per heavy atom. The highest BCUT2D eigenvalue weighted by atomic mass is 35.5. The van der Waals surface area contributed by atoms with Crippen molar-refractivity contribution in [2.45, 2.75) is 26.7 Å². The molecule has 0 saturated carbocycles. The number of anilines is 1. The second kappa shape index (κ2) is 7.65. The highest BCUT2D eigenvalue weighted by Gasteiger charge is 2.08. The van der Waals surface area contributed by atoms with Crippen molar-refractivity contribution in [1.29, 1.82) is 0 Å². The summed E-state index contributed by atoms with van der Waals surface area (Å²) >= 11 is 17.5. The first kappa shape index (κ1) is 18.7. The van der Waals surface area contributed by atoms with Gasteiger partial charge >= 0.3 is 0 Å². The van der Waals surface area contributed by atoms with Crippen molar-refractivity contribution in [2.24, 2.45) is 0 Å². The van der Waals surface area contributed by atoms with Gasteiger partial charge in [0, 0.05) is 23.3 Å². The Kier molecular flexibility index (Phi) is 5.50. The molecule has 0 aliphatic heterocycles. The lowest BCUT2D eigenvalue weighted by atomic mass is 10.3. The van der Waals surface area contributed by atoms with Crippen molar-refractivity contribution >= 4 is 51.9 Å². The molecule has 0 aliphatic carbocycles. The normalized spacial score (nSPS) is 11.0. The van der Waals surface area contributed by atoms with Gasteiger partial charge in [-0.2, -0.15) is 14.7 Å². The maximum atomic E-state index is 5.91. The van der Waals surface area contributed by atoms with Gasteiger partial charge < -0.3 is 5.73 Å². The third kappa shape index (κ3) is 3.56. The van der Waals surface area contributed by atoms with Crippen molar-refractivity contribution in [2.75, 3.05) is 5.73 Å². The molecule has 0 atom stereocenters. The molecule has 136 valence electrons. The lowest BCUT2D eigenvalue weighted by Gasteiger charge is -1.99. The van der Waals surface area contributed by atoms with Crippen LogP contribution in [0, 0.1) is 0 Å². The maximum absolute atomic E-state index is 5.91. The van der Waals surface area contributed by atoms with Gasteiger partial charge in [-0.3, -0.25) is 0 Å². The molecule has 0 bridgehead atoms. The van der Waals surface area contributed by atoms with E-state index >= 15 is 0 Å². The molecule has 0 saturated heterocycles. The van der Waals surface area contributed by atoms with Gasteiger partial charge in [0.1, 0.15) is 21.3 Å². The Morgan fingerprint density at radius 3 is 1.92 bits per heavy atom. The minimum atomic E-state index is 0.396. The zero-order valence-electron chi connectivity index (χ0n) is 14.1. The number of fused-ring (bicyclic) bond motifs is 2. The number of halogens is 3. The van der Waals surface area contributed by atoms with Crippen LogP contribution in [0.15, 0.2) is 24.5 Å². The quantitative estimate of drug-likeness (QED) is 0.500. The fourth-order valence-electron chi connectivity index (χ4n) is 2.44. The van der Waals surface area contributed by atoms with Crippen LogP contribution < -0.4 is 5.73 Å². The Balaban J connectivity index is 0.000000151. The molecular weight excluding hydrogens is 397 g/mol. The summed E-state index contributed by atoms with van der Waals surface area (Å²) in [5, 5.41) is 9.47. The van der Waals surface area contributed by atoms with Crippen molar-refractivity contribution in [3.8, 4) is 0 Å². The predicted octanol–water partition coefficient (Wildman–Crippen LogP) is 4.13. The van der Waals surface area contributed by atoms with Gasteiger partial charge in [-0.1, -0.05) is 48.7 Å². The highest BCUT2D eigenvalue weighted by molar-refractivity contribution is 6.33. The summed E-state index contributed by atoms with van der Waals surface area (Å²) in [4.78, 5) is 8.30. The minimum absolute atomic E-state index is 0.396. The van der Waals surface area contributed by atoms with E-state index in [1.165, 1.54) is 0 Å². The average molecular weight is 413 g/mol. The fraction of sp³-hybridized carbons (Fsp3) is 0.250. The number of aromatic nitrogens is 6. The maximum Gasteiger partial charge on any atom is 0.162 e. The number of hydrogen-bond acceptors (Lipinski definition) is 5. The summed E-state index contributed by atoms with van der Waals surface area (Å²) in [6, 6.07) is 3.16. The Labute approximate surface area is 164 Å². The van der Waals surface area contributed by atoms with Crippen LogP contribution in [0.4, 0.5) is 5.82 Å². The van der Waals surface area contributed by atoms with Gasteiger partial charge in [0.05, 0.1) is 12.4 Å². The van der Waals surface area contributed by atoms with E-state index in [9.17, 15) is 0 Å². The Bertz CT molecular complexity index is 985. The molecule has 4 rings (SSSR count). The summed E-state index contributed by atoms with van der Waals surface area (Å²) in [7, 11) is 0. The second-order valence-corrected chi connectivity index (χ2v) is 6.58. The zero-order chi connectivity index (χ0) is 18.8. The van der Waals surface area contributed by atoms with Crippen molar-refractivity contribution in [3.63, 3.8) is 0 Å². The van der Waals surface area contributed by atoms with Gasteiger partial charge in [-0.25, -0.2) is 14.5 Å². The topological polar surface area (TPSA) is 86.4 Å². The standard InChI is InChI=1S/C8H7Cl2N3.C8H9ClN4/c2*1-2-5-4-11-13-7(10)3-6(9)12-8(5)13/h3-4H,2H2,1H3;3-4H,2,10H2,1H3. The minimum Gasteiger partial charge on any atom is -0.383 e. The van der Waals surface area contributed by atoms with Crippen LogP contribution in [0.5, 0.6) is 0 Å². The van der Waals surface area contributed by atoms with Gasteiger partial charge in [-0.05, 0) is 12.8 Å². The van der Waals surface area contributed by atoms with Gasteiger partial charge in [-0.15, -0.1) is 0 Å². The van der Waals surface area contributed by atoms with E-state index in [-0.39, 0.29) is 0 Å². The van der Waals surface area contributed by atoms with Crippen molar-refractivity contribution in [3.05, 3.63) is 51.1 Å². The molecule has 10 heteroatoms. The molecule has 4 aromatic rings. The van der Waals surface area contributed by atoms with Crippen LogP contribution in [0.1, 0.15) is 25.0 Å². The molecule has 0 spiro atoms. The third-order valence-electron chi connectivity index (χ3n) is 3.77. The molecule has 4 aromatic heterocycles. The van der Waals surface area contributed by atoms with E-state index < -0.39 is 0 Å². The molecule has 0 aromatic carbocycles. The number of aryl methyl sites for hydroxylation is 2. The zero-order valence-corrected chi connectivity index (χ0v) is 16.4. The van der Waals surface area contributed by atoms with Crippen LogP contribution in [0.2, 0.25) is 15.5 Å². The smallest absolute Gasteiger partial charge is 0.162 e. The lowest BCUT2D eigenvalue weighted by molar-refractivity contribution is 0.940. The predicted molar refractivity (Wildman–Crippen MR) is 104 cm³/mol.